The summed E-state index contributed by atoms with van der Waals surface area (Å²) in [6.07, 6.45) is -3.02. The van der Waals surface area contributed by atoms with Crippen molar-refractivity contribution in [2.75, 3.05) is 6.54 Å². The molecule has 1 atom stereocenters. The molecule has 1 aromatic rings. The Bertz CT molecular complexity index is 333. The average Bonchev–Trinajstić information content (AvgIpc) is 2.61. The number of aromatic nitrogens is 1. The van der Waals surface area contributed by atoms with E-state index in [2.05, 4.69) is 10.3 Å². The maximum absolute atomic E-state index is 12.4. The van der Waals surface area contributed by atoms with E-state index in [4.69, 9.17) is 0 Å². The topological polar surface area (TPSA) is 24.9 Å². The number of halogens is 3. The smallest absolute Gasteiger partial charge is 0.309 e. The first kappa shape index (κ1) is 13.4. The van der Waals surface area contributed by atoms with E-state index in [1.54, 1.807) is 0 Å². The van der Waals surface area contributed by atoms with Crippen LogP contribution in [-0.2, 0) is 6.18 Å². The van der Waals surface area contributed by atoms with Gasteiger partial charge in [-0.1, -0.05) is 20.8 Å². The van der Waals surface area contributed by atoms with Crippen LogP contribution in [0.25, 0.3) is 0 Å². The molecule has 1 unspecified atom stereocenters. The summed E-state index contributed by atoms with van der Waals surface area (Å²) in [6.45, 7) is 6.60. The second kappa shape index (κ2) is 5.14. The molecular formula is C10H15F3N2S. The van der Waals surface area contributed by atoms with Gasteiger partial charge < -0.3 is 5.32 Å². The quantitative estimate of drug-likeness (QED) is 0.887. The fourth-order valence-electron chi connectivity index (χ4n) is 1.45. The molecule has 0 fully saturated rings. The molecule has 6 heteroatoms. The van der Waals surface area contributed by atoms with Crippen LogP contribution in [-0.4, -0.2) is 11.5 Å². The van der Waals surface area contributed by atoms with Gasteiger partial charge in [-0.15, -0.1) is 11.3 Å². The van der Waals surface area contributed by atoms with Crippen LogP contribution in [0.15, 0.2) is 6.20 Å². The van der Waals surface area contributed by atoms with Gasteiger partial charge in [0.15, 0.2) is 5.01 Å². The van der Waals surface area contributed by atoms with Gasteiger partial charge in [0.05, 0.1) is 0 Å². The van der Waals surface area contributed by atoms with Crippen LogP contribution in [0.2, 0.25) is 0 Å². The van der Waals surface area contributed by atoms with Crippen molar-refractivity contribution < 1.29 is 13.2 Å². The monoisotopic (exact) mass is 252 g/mol. The summed E-state index contributed by atoms with van der Waals surface area (Å²) in [4.78, 5) is 4.07. The highest BCUT2D eigenvalue weighted by Crippen LogP contribution is 2.35. The molecule has 0 aliphatic heterocycles. The van der Waals surface area contributed by atoms with Crippen molar-refractivity contribution in [1.82, 2.24) is 10.3 Å². The van der Waals surface area contributed by atoms with Crippen molar-refractivity contribution in [2.45, 2.75) is 33.0 Å². The van der Waals surface area contributed by atoms with E-state index in [0.29, 0.717) is 4.88 Å². The first-order valence-corrected chi connectivity index (χ1v) is 5.94. The number of nitrogens with zero attached hydrogens (tertiary/aromatic N) is 1. The molecule has 0 saturated heterocycles. The lowest BCUT2D eigenvalue weighted by Gasteiger charge is -2.19. The zero-order valence-electron chi connectivity index (χ0n) is 9.43. The number of alkyl halides is 3. The highest BCUT2D eigenvalue weighted by Gasteiger charge is 2.35. The molecule has 1 heterocycles. The molecule has 1 aromatic heterocycles. The van der Waals surface area contributed by atoms with Gasteiger partial charge in [-0.3, -0.25) is 0 Å². The van der Waals surface area contributed by atoms with Crippen molar-refractivity contribution in [3.8, 4) is 0 Å². The van der Waals surface area contributed by atoms with Gasteiger partial charge in [0.25, 0.3) is 0 Å². The molecule has 0 bridgehead atoms. The number of nitrogens with one attached hydrogen (secondary N) is 1. The molecule has 0 aliphatic carbocycles. The Kier molecular flexibility index (Phi) is 4.32. The Balaban J connectivity index is 2.90. The third kappa shape index (κ3) is 3.18. The molecule has 1 N–H and O–H groups in total. The van der Waals surface area contributed by atoms with Crippen LogP contribution >= 0.6 is 11.3 Å². The van der Waals surface area contributed by atoms with Crippen LogP contribution in [0, 0.1) is 5.92 Å². The summed E-state index contributed by atoms with van der Waals surface area (Å²) in [6, 6.07) is -0.0569. The molecule has 0 radical (unpaired) electrons. The molecule has 92 valence electrons. The Morgan fingerprint density at radius 2 is 2.06 bits per heavy atom. The second-order valence-corrected chi connectivity index (χ2v) is 4.91. The van der Waals surface area contributed by atoms with Crippen molar-refractivity contribution in [2.24, 2.45) is 5.92 Å². The van der Waals surface area contributed by atoms with Crippen LogP contribution in [0.4, 0.5) is 13.2 Å². The summed E-state index contributed by atoms with van der Waals surface area (Å²) in [5, 5.41) is 2.39. The molecule has 0 saturated carbocycles. The lowest BCUT2D eigenvalue weighted by Crippen LogP contribution is -2.24. The van der Waals surface area contributed by atoms with E-state index < -0.39 is 11.2 Å². The minimum Gasteiger partial charge on any atom is -0.309 e. The minimum atomic E-state index is -4.34. The van der Waals surface area contributed by atoms with Crippen LogP contribution in [0.1, 0.15) is 36.7 Å². The summed E-state index contributed by atoms with van der Waals surface area (Å²) >= 11 is 0.718. The number of thiazole rings is 1. The van der Waals surface area contributed by atoms with E-state index in [9.17, 15) is 13.2 Å². The SMILES string of the molecule is CCNC(c1cnc(C(F)(F)F)s1)C(C)C. The molecule has 0 aromatic carbocycles. The predicted molar refractivity (Wildman–Crippen MR) is 58.4 cm³/mol. The molecule has 16 heavy (non-hydrogen) atoms. The standard InChI is InChI=1S/C10H15F3N2S/c1-4-14-8(6(2)3)7-5-15-9(16-7)10(11,12)13/h5-6,8,14H,4H2,1-3H3. The normalized spacial score (nSPS) is 14.4. The zero-order valence-corrected chi connectivity index (χ0v) is 10.2. The molecule has 1 rings (SSSR count). The van der Waals surface area contributed by atoms with E-state index in [0.717, 1.165) is 17.9 Å². The van der Waals surface area contributed by atoms with E-state index in [-0.39, 0.29) is 12.0 Å². The minimum absolute atomic E-state index is 0.0569. The fourth-order valence-corrected chi connectivity index (χ4v) is 2.48. The third-order valence-electron chi connectivity index (χ3n) is 2.16. The number of hydrogen-bond acceptors (Lipinski definition) is 3. The highest BCUT2D eigenvalue weighted by molar-refractivity contribution is 7.11. The Morgan fingerprint density at radius 1 is 1.44 bits per heavy atom. The lowest BCUT2D eigenvalue weighted by atomic mass is 10.0. The lowest BCUT2D eigenvalue weighted by molar-refractivity contribution is -0.137. The summed E-state index contributed by atoms with van der Waals surface area (Å²) in [7, 11) is 0. The van der Waals surface area contributed by atoms with Gasteiger partial charge in [0, 0.05) is 17.1 Å². The van der Waals surface area contributed by atoms with Gasteiger partial charge in [-0.25, -0.2) is 4.98 Å². The van der Waals surface area contributed by atoms with Crippen molar-refractivity contribution in [3.05, 3.63) is 16.1 Å². The Morgan fingerprint density at radius 3 is 2.44 bits per heavy atom. The maximum atomic E-state index is 12.4. The van der Waals surface area contributed by atoms with Gasteiger partial charge in [-0.05, 0) is 12.5 Å². The average molecular weight is 252 g/mol. The van der Waals surface area contributed by atoms with Crippen LogP contribution in [0.5, 0.6) is 0 Å². The van der Waals surface area contributed by atoms with Gasteiger partial charge in [-0.2, -0.15) is 13.2 Å². The molecule has 0 spiro atoms. The molecule has 0 aliphatic rings. The van der Waals surface area contributed by atoms with Gasteiger partial charge >= 0.3 is 6.18 Å². The number of rotatable bonds is 4. The second-order valence-electron chi connectivity index (χ2n) is 3.84. The number of hydrogen-bond donors (Lipinski definition) is 1. The summed E-state index contributed by atoms with van der Waals surface area (Å²) < 4.78 is 37.1. The van der Waals surface area contributed by atoms with Crippen molar-refractivity contribution >= 4 is 11.3 Å². The van der Waals surface area contributed by atoms with Crippen LogP contribution in [0.3, 0.4) is 0 Å². The van der Waals surface area contributed by atoms with E-state index in [1.807, 2.05) is 20.8 Å². The fraction of sp³-hybridized carbons (Fsp3) is 0.700. The first-order valence-electron chi connectivity index (χ1n) is 5.12. The molecular weight excluding hydrogens is 237 g/mol. The summed E-state index contributed by atoms with van der Waals surface area (Å²) in [5.41, 5.74) is 0. The van der Waals surface area contributed by atoms with Crippen molar-refractivity contribution in [1.29, 1.82) is 0 Å². The van der Waals surface area contributed by atoms with Gasteiger partial charge in [0.2, 0.25) is 0 Å². The van der Waals surface area contributed by atoms with E-state index >= 15 is 0 Å². The van der Waals surface area contributed by atoms with Gasteiger partial charge in [0.1, 0.15) is 0 Å². The zero-order chi connectivity index (χ0) is 12.3. The first-order chi connectivity index (χ1) is 7.36. The maximum Gasteiger partial charge on any atom is 0.443 e. The highest BCUT2D eigenvalue weighted by atomic mass is 32.1. The molecule has 2 nitrogen and oxygen atoms in total. The predicted octanol–water partition coefficient (Wildman–Crippen LogP) is 3.47. The largest absolute Gasteiger partial charge is 0.443 e. The van der Waals surface area contributed by atoms with E-state index in [1.165, 1.54) is 6.20 Å². The molecule has 0 amide bonds. The Labute approximate surface area is 96.9 Å². The van der Waals surface area contributed by atoms with Crippen LogP contribution < -0.4 is 5.32 Å². The third-order valence-corrected chi connectivity index (χ3v) is 3.29. The summed E-state index contributed by atoms with van der Waals surface area (Å²) in [5.74, 6) is 0.237. The van der Waals surface area contributed by atoms with Crippen molar-refractivity contribution in [3.63, 3.8) is 0 Å². The Hall–Kier alpha value is -0.620.